The maximum Gasteiger partial charge on any atom is 0.471 e. The lowest BCUT2D eigenvalue weighted by Gasteiger charge is -2.39. The monoisotopic (exact) mass is 533 g/mol. The first-order valence-electron chi connectivity index (χ1n) is 11.7. The number of hydrogen-bond donors (Lipinski definition) is 1. The van der Waals surface area contributed by atoms with Crippen molar-refractivity contribution < 1.29 is 31.5 Å². The van der Waals surface area contributed by atoms with Crippen molar-refractivity contribution >= 4 is 16.8 Å². The molecule has 38 heavy (non-hydrogen) atoms. The molecule has 0 aliphatic carbocycles. The van der Waals surface area contributed by atoms with E-state index in [0.717, 1.165) is 17.0 Å². The summed E-state index contributed by atoms with van der Waals surface area (Å²) in [6.07, 6.45) is -2.47. The zero-order valence-electron chi connectivity index (χ0n) is 19.7. The van der Waals surface area contributed by atoms with E-state index in [9.17, 15) is 36.8 Å². The van der Waals surface area contributed by atoms with Crippen molar-refractivity contribution in [1.29, 1.82) is 5.26 Å². The number of carbonyl (C=O) groups excluding carboxylic acids is 1. The van der Waals surface area contributed by atoms with Crippen LogP contribution in [0.4, 0.5) is 22.0 Å². The van der Waals surface area contributed by atoms with Crippen molar-refractivity contribution in [3.63, 3.8) is 0 Å². The number of hydrogen-bond acceptors (Lipinski definition) is 6. The summed E-state index contributed by atoms with van der Waals surface area (Å²) < 4.78 is 73.4. The molecule has 1 N–H and O–H groups in total. The van der Waals surface area contributed by atoms with Crippen LogP contribution in [0.5, 0.6) is 11.5 Å². The molecule has 1 amide bonds. The number of piperidine rings is 1. The van der Waals surface area contributed by atoms with Crippen LogP contribution in [0.2, 0.25) is 0 Å². The molecule has 1 aromatic heterocycles. The zero-order valence-corrected chi connectivity index (χ0v) is 19.7. The summed E-state index contributed by atoms with van der Waals surface area (Å²) in [4.78, 5) is 30.0. The number of alkyl halides is 3. The molecule has 8 nitrogen and oxygen atoms in total. The van der Waals surface area contributed by atoms with E-state index in [-0.39, 0.29) is 30.3 Å². The van der Waals surface area contributed by atoms with Gasteiger partial charge in [0.15, 0.2) is 11.6 Å². The van der Waals surface area contributed by atoms with Gasteiger partial charge in [-0.3, -0.25) is 14.2 Å². The van der Waals surface area contributed by atoms with Crippen LogP contribution in [0, 0.1) is 23.0 Å². The van der Waals surface area contributed by atoms with Crippen molar-refractivity contribution in [3.05, 3.63) is 64.2 Å². The Morgan fingerprint density at radius 1 is 1.16 bits per heavy atom. The first-order valence-corrected chi connectivity index (χ1v) is 11.7. The highest BCUT2D eigenvalue weighted by Gasteiger charge is 2.47. The number of nitrogens with one attached hydrogen (secondary N) is 1. The van der Waals surface area contributed by atoms with Crippen LogP contribution in [0.25, 0.3) is 10.9 Å². The summed E-state index contributed by atoms with van der Waals surface area (Å²) in [5.74, 6) is -4.36. The number of likely N-dealkylation sites (tertiary alicyclic amines) is 1. The molecule has 2 aliphatic rings. The van der Waals surface area contributed by atoms with Crippen molar-refractivity contribution in [2.24, 2.45) is 0 Å². The number of fused-ring (bicyclic) bond motifs is 1. The van der Waals surface area contributed by atoms with Crippen LogP contribution in [0.1, 0.15) is 30.9 Å². The van der Waals surface area contributed by atoms with Crippen LogP contribution < -0.4 is 15.6 Å². The van der Waals surface area contributed by atoms with E-state index in [1.165, 1.54) is 29.1 Å². The lowest BCUT2D eigenvalue weighted by atomic mass is 9.85. The molecule has 3 aromatic rings. The Morgan fingerprint density at radius 3 is 2.55 bits per heavy atom. The smallest absolute Gasteiger partial charge is 0.453 e. The summed E-state index contributed by atoms with van der Waals surface area (Å²) in [7, 11) is 0. The number of benzene rings is 2. The van der Waals surface area contributed by atoms with E-state index >= 15 is 0 Å². The van der Waals surface area contributed by atoms with Gasteiger partial charge in [-0.25, -0.2) is 13.8 Å². The maximum atomic E-state index is 14.3. The average molecular weight is 533 g/mol. The Bertz CT molecular complexity index is 1520. The molecule has 198 valence electrons. The summed E-state index contributed by atoms with van der Waals surface area (Å²) >= 11 is 0. The van der Waals surface area contributed by atoms with Gasteiger partial charge < -0.3 is 15.0 Å². The number of halogens is 5. The van der Waals surface area contributed by atoms with Crippen molar-refractivity contribution in [2.75, 3.05) is 19.6 Å². The molecule has 0 saturated carbocycles. The van der Waals surface area contributed by atoms with Crippen molar-refractivity contribution in [1.82, 2.24) is 19.8 Å². The molecule has 1 atom stereocenters. The lowest BCUT2D eigenvalue weighted by molar-refractivity contribution is -0.187. The zero-order chi connectivity index (χ0) is 27.2. The number of carbonyl (C=O) groups is 1. The fourth-order valence-electron chi connectivity index (χ4n) is 5.12. The SMILES string of the molecule is N#Cc1c(F)ccc(F)c1Oc1ccc2ncn([C@H]3CNC4(CCN(C(=O)C(F)(F)F)CC4)C3)c(=O)c2c1. The number of nitriles is 1. The van der Waals surface area contributed by atoms with Gasteiger partial charge in [-0.1, -0.05) is 0 Å². The van der Waals surface area contributed by atoms with E-state index in [1.54, 1.807) is 6.07 Å². The number of amides is 1. The van der Waals surface area contributed by atoms with E-state index in [0.29, 0.717) is 31.3 Å². The van der Waals surface area contributed by atoms with Gasteiger partial charge in [-0.05, 0) is 49.6 Å². The minimum absolute atomic E-state index is 0.00197. The highest BCUT2D eigenvalue weighted by molar-refractivity contribution is 5.82. The van der Waals surface area contributed by atoms with Crippen molar-refractivity contribution in [3.8, 4) is 17.6 Å². The maximum absolute atomic E-state index is 14.3. The Kier molecular flexibility index (Phi) is 6.30. The Hall–Kier alpha value is -4.05. The van der Waals surface area contributed by atoms with E-state index in [2.05, 4.69) is 10.3 Å². The number of rotatable bonds is 3. The molecule has 13 heteroatoms. The van der Waals surface area contributed by atoms with E-state index in [4.69, 9.17) is 4.74 Å². The second-order valence-electron chi connectivity index (χ2n) is 9.39. The van der Waals surface area contributed by atoms with Gasteiger partial charge in [0.2, 0.25) is 0 Å². The number of nitrogens with zero attached hydrogens (tertiary/aromatic N) is 4. The lowest BCUT2D eigenvalue weighted by Crippen LogP contribution is -2.53. The molecule has 0 bridgehead atoms. The Labute approximate surface area is 212 Å². The minimum atomic E-state index is -4.92. The molecular formula is C25H20F5N5O3. The first kappa shape index (κ1) is 25.6. The van der Waals surface area contributed by atoms with E-state index in [1.807, 2.05) is 0 Å². The fourth-order valence-corrected chi connectivity index (χ4v) is 5.12. The number of aromatic nitrogens is 2. The molecule has 0 unspecified atom stereocenters. The van der Waals surface area contributed by atoms with Gasteiger partial charge in [0.05, 0.1) is 23.3 Å². The summed E-state index contributed by atoms with van der Waals surface area (Å²) in [5.41, 5.74) is -1.22. The largest absolute Gasteiger partial charge is 0.471 e. The van der Waals surface area contributed by atoms with Gasteiger partial charge in [-0.2, -0.15) is 18.4 Å². The van der Waals surface area contributed by atoms with Gasteiger partial charge in [-0.15, -0.1) is 0 Å². The van der Waals surface area contributed by atoms with Crippen LogP contribution in [0.3, 0.4) is 0 Å². The third-order valence-corrected chi connectivity index (χ3v) is 7.13. The minimum Gasteiger partial charge on any atom is -0.453 e. The molecule has 2 aliphatic heterocycles. The summed E-state index contributed by atoms with van der Waals surface area (Å²) in [6.45, 7) is 0.270. The third-order valence-electron chi connectivity index (χ3n) is 7.13. The molecule has 5 rings (SSSR count). The van der Waals surface area contributed by atoms with Crippen LogP contribution in [-0.4, -0.2) is 51.7 Å². The standard InChI is InChI=1S/C25H20F5N5O3/c26-18-2-3-19(27)21(17(18)11-31)38-15-1-4-20-16(9-15)22(36)35(13-32-20)14-10-24(33-12-14)5-7-34(8-6-24)23(37)25(28,29)30/h1-4,9,13-14,33H,5-8,10,12H2/t14-/m1/s1. The highest BCUT2D eigenvalue weighted by atomic mass is 19.4. The topological polar surface area (TPSA) is 100 Å². The Balaban J connectivity index is 1.37. The van der Waals surface area contributed by atoms with Gasteiger partial charge >= 0.3 is 12.1 Å². The molecular weight excluding hydrogens is 513 g/mol. The Morgan fingerprint density at radius 2 is 1.87 bits per heavy atom. The van der Waals surface area contributed by atoms with Crippen LogP contribution in [0.15, 0.2) is 41.5 Å². The van der Waals surface area contributed by atoms with Crippen LogP contribution >= 0.6 is 0 Å². The second kappa shape index (κ2) is 9.36. The predicted molar refractivity (Wildman–Crippen MR) is 123 cm³/mol. The van der Waals surface area contributed by atoms with Gasteiger partial charge in [0.1, 0.15) is 23.2 Å². The van der Waals surface area contributed by atoms with E-state index < -0.39 is 46.1 Å². The molecule has 2 saturated heterocycles. The highest BCUT2D eigenvalue weighted by Crippen LogP contribution is 2.37. The fraction of sp³-hybridized carbons (Fsp3) is 0.360. The van der Waals surface area contributed by atoms with Crippen molar-refractivity contribution in [2.45, 2.75) is 37.0 Å². The normalized spacial score (nSPS) is 19.1. The quantitative estimate of drug-likeness (QED) is 0.515. The third kappa shape index (κ3) is 4.56. The summed E-state index contributed by atoms with van der Waals surface area (Å²) in [6, 6.07) is 7.06. The summed E-state index contributed by atoms with van der Waals surface area (Å²) in [5, 5.41) is 12.7. The average Bonchev–Trinajstić information content (AvgIpc) is 3.29. The van der Waals surface area contributed by atoms with Gasteiger partial charge in [0, 0.05) is 25.2 Å². The molecule has 3 heterocycles. The first-order chi connectivity index (χ1) is 18.0. The molecule has 2 aromatic carbocycles. The predicted octanol–water partition coefficient (Wildman–Crippen LogP) is 3.80. The number of ether oxygens (including phenoxy) is 1. The van der Waals surface area contributed by atoms with Gasteiger partial charge in [0.25, 0.3) is 5.56 Å². The molecule has 0 radical (unpaired) electrons. The molecule has 1 spiro atoms. The van der Waals surface area contributed by atoms with Crippen LogP contribution in [-0.2, 0) is 4.79 Å². The second-order valence-corrected chi connectivity index (χ2v) is 9.39. The molecule has 2 fully saturated rings.